The van der Waals surface area contributed by atoms with Gasteiger partial charge >= 0.3 is 1.43 Å². The maximum atomic E-state index is 12.8. The number of aliphatic hydroxyl groups is 2. The molecule has 80 heavy (non-hydrogen) atoms. The third-order valence-corrected chi connectivity index (χ3v) is 15.6. The number of nitro groups is 2. The first-order valence-corrected chi connectivity index (χ1v) is 28.2. The van der Waals surface area contributed by atoms with Crippen LogP contribution in [0, 0.1) is 34.1 Å². The molecule has 0 atom stereocenters. The normalized spacial score (nSPS) is 14.3. The van der Waals surface area contributed by atoms with E-state index in [1.165, 1.54) is 127 Å². The molecular formula is C48H56Cl2CrN13O14S2-. The number of aryl methyl sites for hydroxylation is 2. The molecule has 6 aromatic rings. The van der Waals surface area contributed by atoms with Gasteiger partial charge in [0.2, 0.25) is 20.0 Å². The molecule has 0 amide bonds. The summed E-state index contributed by atoms with van der Waals surface area (Å²) in [6, 6.07) is 16.5. The Bertz CT molecular complexity index is 3360. The zero-order chi connectivity index (χ0) is 57.6. The molecule has 0 bridgehead atoms. The minimum absolute atomic E-state index is 0. The number of azo groups is 2. The zero-order valence-electron chi connectivity index (χ0n) is 43.8. The Hall–Kier alpha value is -6.69. The first-order chi connectivity index (χ1) is 37.5. The fraction of sp³-hybridized carbons (Fsp3) is 0.375. The van der Waals surface area contributed by atoms with Crippen molar-refractivity contribution in [1.29, 1.82) is 0 Å². The van der Waals surface area contributed by atoms with Crippen LogP contribution in [0.1, 0.15) is 77.0 Å². The number of sulfonamides is 2. The van der Waals surface area contributed by atoms with Crippen molar-refractivity contribution < 1.29 is 65.9 Å². The van der Waals surface area contributed by atoms with Crippen LogP contribution in [0.15, 0.2) is 113 Å². The number of H-pyrrole nitrogens is 2. The maximum absolute atomic E-state index is 12.8. The predicted molar refractivity (Wildman–Crippen MR) is 288 cm³/mol. The summed E-state index contributed by atoms with van der Waals surface area (Å²) in [5, 5.41) is 87.9. The molecule has 0 saturated heterocycles. The van der Waals surface area contributed by atoms with E-state index in [9.17, 15) is 56.9 Å². The molecule has 2 saturated carbocycles. The van der Waals surface area contributed by atoms with Gasteiger partial charge in [-0.05, 0) is 88.1 Å². The number of rotatable bonds is 18. The molecule has 0 spiro atoms. The SMILES string of the molecule is C1CCC(NC2CCCCC2)CC1.Cc1[nH]n(-c2cccc(S(=O)(=O)NCCO)c2)c(=O)c1N=Nc1cc(Cl)cc([N+](=O)[O-])c1[O-].Cc1[nH]n(-c2cccc(S(=O)(=O)NCCO)c2)c(=O)c1N=Nc1cc(Cl)cc([N+](=O)[O-])c1[O-].[Cr].[H+]. The van der Waals surface area contributed by atoms with E-state index in [2.05, 4.69) is 45.4 Å². The van der Waals surface area contributed by atoms with E-state index in [0.717, 1.165) is 45.7 Å². The monoisotopic (exact) mass is 1220 g/mol. The number of benzene rings is 4. The Balaban J connectivity index is 0.000000280. The van der Waals surface area contributed by atoms with Crippen LogP contribution >= 0.6 is 23.2 Å². The zero-order valence-corrected chi connectivity index (χ0v) is 47.3. The number of aliphatic hydroxyl groups excluding tert-OH is 2. The summed E-state index contributed by atoms with van der Waals surface area (Å²) >= 11 is 11.6. The molecule has 2 heterocycles. The number of hydrogen-bond donors (Lipinski definition) is 7. The van der Waals surface area contributed by atoms with Crippen LogP contribution in [0.5, 0.6) is 11.5 Å². The number of nitrogens with zero attached hydrogens (tertiary/aromatic N) is 8. The molecule has 0 aliphatic heterocycles. The van der Waals surface area contributed by atoms with Crippen LogP contribution in [-0.4, -0.2) is 94.8 Å². The van der Waals surface area contributed by atoms with Crippen molar-refractivity contribution in [3.63, 3.8) is 0 Å². The molecule has 32 heteroatoms. The van der Waals surface area contributed by atoms with Gasteiger partial charge in [0, 0.05) is 76.2 Å². The summed E-state index contributed by atoms with van der Waals surface area (Å²) in [5.41, 5.74) is -3.45. The van der Waals surface area contributed by atoms with Crippen molar-refractivity contribution in [1.82, 2.24) is 34.3 Å². The van der Waals surface area contributed by atoms with Crippen molar-refractivity contribution >= 4 is 77.4 Å². The van der Waals surface area contributed by atoms with Crippen LogP contribution in [0.2, 0.25) is 10.0 Å². The fourth-order valence-electron chi connectivity index (χ4n) is 8.41. The van der Waals surface area contributed by atoms with Gasteiger partial charge in [-0.2, -0.15) is 10.2 Å². The van der Waals surface area contributed by atoms with Gasteiger partial charge in [0.1, 0.15) is 0 Å². The van der Waals surface area contributed by atoms with Gasteiger partial charge < -0.3 is 25.7 Å². The maximum Gasteiger partial charge on any atom is 1.00 e. The summed E-state index contributed by atoms with van der Waals surface area (Å²) in [6.07, 6.45) is 14.6. The number of aromatic amines is 2. The second-order valence-electron chi connectivity index (χ2n) is 18.0. The standard InChI is InChI=1S/2C18H17ClN6O7S.C12H23N.Cr/c2*1-10-16(22-21-14-7-11(19)8-15(17(14)27)25(29)30)18(28)24(23-10)12-3-2-4-13(9-12)33(31,32)20-5-6-26;1-3-7-11(8-4-1)13-12-9-5-2-6-10-12;/h2*2-4,7-9,20,23,26-27H,5-6H2,1H3;11-13H,1-10H2;/p-1. The average molecular weight is 1230 g/mol. The fourth-order valence-corrected chi connectivity index (χ4v) is 10.9. The summed E-state index contributed by atoms with van der Waals surface area (Å²) in [7, 11) is -7.84. The molecule has 0 radical (unpaired) electrons. The summed E-state index contributed by atoms with van der Waals surface area (Å²) in [4.78, 5) is 45.6. The molecule has 7 N–H and O–H groups in total. The molecule has 27 nitrogen and oxygen atoms in total. The molecule has 2 fully saturated rings. The van der Waals surface area contributed by atoms with E-state index in [-0.39, 0.29) is 99.1 Å². The topological polar surface area (TPSA) is 402 Å². The van der Waals surface area contributed by atoms with Gasteiger partial charge in [0.05, 0.1) is 67.0 Å². The Morgan fingerprint density at radius 2 is 0.988 bits per heavy atom. The molecule has 2 aromatic heterocycles. The quantitative estimate of drug-likeness (QED) is 0.0260. The van der Waals surface area contributed by atoms with Gasteiger partial charge in [-0.15, -0.1) is 10.2 Å². The van der Waals surface area contributed by atoms with Crippen LogP contribution < -0.4 is 36.1 Å². The van der Waals surface area contributed by atoms with Gasteiger partial charge in [-0.1, -0.05) is 73.9 Å². The number of halogens is 2. The average Bonchev–Trinajstić information content (AvgIpc) is 3.92. The van der Waals surface area contributed by atoms with Crippen LogP contribution in [0.3, 0.4) is 0 Å². The van der Waals surface area contributed by atoms with Gasteiger partial charge in [-0.25, -0.2) is 35.6 Å². The molecule has 2 aliphatic rings. The molecule has 8 rings (SSSR count). The number of aromatic nitrogens is 4. The van der Waals surface area contributed by atoms with Crippen molar-refractivity contribution in [2.75, 3.05) is 26.3 Å². The molecule has 4 aromatic carbocycles. The van der Waals surface area contributed by atoms with E-state index in [1.807, 2.05) is 0 Å². The second kappa shape index (κ2) is 29.2. The van der Waals surface area contributed by atoms with Crippen molar-refractivity contribution in [2.45, 2.75) is 99.9 Å². The number of hydrogen-bond acceptors (Lipinski definition) is 19. The Morgan fingerprint density at radius 1 is 0.625 bits per heavy atom. The van der Waals surface area contributed by atoms with E-state index >= 15 is 0 Å². The third-order valence-electron chi connectivity index (χ3n) is 12.3. The van der Waals surface area contributed by atoms with Crippen LogP contribution in [0.25, 0.3) is 11.4 Å². The summed E-state index contributed by atoms with van der Waals surface area (Å²) in [6.45, 7) is 1.86. The number of nitro benzene ring substituents is 2. The Labute approximate surface area is 479 Å². The summed E-state index contributed by atoms with van der Waals surface area (Å²) in [5.74, 6) is -2.04. The van der Waals surface area contributed by atoms with E-state index in [4.69, 9.17) is 33.4 Å². The minimum Gasteiger partial charge on any atom is -0.866 e. The minimum atomic E-state index is -3.92. The Kier molecular flexibility index (Phi) is 23.4. The van der Waals surface area contributed by atoms with E-state index in [1.54, 1.807) is 0 Å². The smallest absolute Gasteiger partial charge is 0.866 e. The molecule has 2 aliphatic carbocycles. The first kappa shape index (κ1) is 64.1. The number of nitrogens with one attached hydrogen (secondary N) is 5. The molecular weight excluding hydrogens is 1170 g/mol. The second-order valence-corrected chi connectivity index (χ2v) is 22.4. The van der Waals surface area contributed by atoms with E-state index in [0.29, 0.717) is 0 Å². The first-order valence-electron chi connectivity index (χ1n) is 24.5. The predicted octanol–water partition coefficient (Wildman–Crippen LogP) is 6.94. The van der Waals surface area contributed by atoms with Crippen molar-refractivity contribution in [2.24, 2.45) is 20.5 Å². The van der Waals surface area contributed by atoms with Gasteiger partial charge in [-0.3, -0.25) is 40.0 Å². The van der Waals surface area contributed by atoms with E-state index < -0.39 is 75.3 Å². The largest absolute Gasteiger partial charge is 1.00 e. The van der Waals surface area contributed by atoms with Gasteiger partial charge in [0.25, 0.3) is 22.5 Å². The van der Waals surface area contributed by atoms with Gasteiger partial charge in [0.15, 0.2) is 11.4 Å². The molecule has 430 valence electrons. The Morgan fingerprint density at radius 3 is 1.32 bits per heavy atom. The van der Waals surface area contributed by atoms with Crippen molar-refractivity contribution in [3.05, 3.63) is 135 Å². The molecule has 0 unspecified atom stereocenters. The summed E-state index contributed by atoms with van der Waals surface area (Å²) < 4.78 is 55.6. The van der Waals surface area contributed by atoms with Crippen LogP contribution in [-0.2, 0) is 37.4 Å². The third kappa shape index (κ3) is 16.7. The van der Waals surface area contributed by atoms with Crippen molar-refractivity contribution in [3.8, 4) is 22.9 Å². The van der Waals surface area contributed by atoms with Crippen LogP contribution in [0.4, 0.5) is 34.1 Å².